The van der Waals surface area contributed by atoms with Gasteiger partial charge in [-0.1, -0.05) is 0 Å². The summed E-state index contributed by atoms with van der Waals surface area (Å²) in [6, 6.07) is 3.95. The molecule has 18 heavy (non-hydrogen) atoms. The Hall–Kier alpha value is -2.37. The third-order valence-electron chi connectivity index (χ3n) is 3.16. The van der Waals surface area contributed by atoms with Crippen LogP contribution in [0.1, 0.15) is 11.4 Å². The molecule has 0 unspecified atom stereocenters. The van der Waals surface area contributed by atoms with Gasteiger partial charge in [0.2, 0.25) is 5.95 Å². The van der Waals surface area contributed by atoms with E-state index in [2.05, 4.69) is 15.2 Å². The fraction of sp³-hybridized carbons (Fsp3) is 0.250. The third-order valence-corrected chi connectivity index (χ3v) is 3.16. The first-order valence-electron chi connectivity index (χ1n) is 5.69. The van der Waals surface area contributed by atoms with E-state index < -0.39 is 0 Å². The highest BCUT2D eigenvalue weighted by molar-refractivity contribution is 5.80. The molecule has 0 radical (unpaired) electrons. The number of hydrogen-bond acceptors (Lipinski definition) is 4. The zero-order chi connectivity index (χ0) is 12.9. The van der Waals surface area contributed by atoms with E-state index in [-0.39, 0.29) is 5.95 Å². The van der Waals surface area contributed by atoms with Gasteiger partial charge in [-0.15, -0.1) is 5.10 Å². The van der Waals surface area contributed by atoms with Gasteiger partial charge in [0.25, 0.3) is 0 Å². The summed E-state index contributed by atoms with van der Waals surface area (Å²) in [7, 11) is 1.93. The Kier molecular flexibility index (Phi) is 2.13. The Morgan fingerprint density at radius 2 is 2.00 bits per heavy atom. The number of anilines is 1. The summed E-state index contributed by atoms with van der Waals surface area (Å²) in [5, 5.41) is 8.55. The van der Waals surface area contributed by atoms with Crippen LogP contribution in [0.2, 0.25) is 0 Å². The summed E-state index contributed by atoms with van der Waals surface area (Å²) in [5.74, 6) is 0.279. The molecule has 0 saturated carbocycles. The number of pyridine rings is 1. The third kappa shape index (κ3) is 1.38. The normalized spacial score (nSPS) is 11.3. The van der Waals surface area contributed by atoms with E-state index >= 15 is 0 Å². The average molecular weight is 242 g/mol. The van der Waals surface area contributed by atoms with Crippen molar-refractivity contribution in [1.82, 2.24) is 24.4 Å². The van der Waals surface area contributed by atoms with Gasteiger partial charge in [0.15, 0.2) is 5.65 Å². The molecule has 0 fully saturated rings. The summed E-state index contributed by atoms with van der Waals surface area (Å²) in [6.07, 6.45) is 1.84. The van der Waals surface area contributed by atoms with Crippen LogP contribution in [0.15, 0.2) is 18.3 Å². The molecule has 0 saturated heterocycles. The van der Waals surface area contributed by atoms with Crippen LogP contribution < -0.4 is 5.73 Å². The molecule has 3 heterocycles. The van der Waals surface area contributed by atoms with E-state index in [1.807, 2.05) is 43.9 Å². The molecule has 3 rings (SSSR count). The summed E-state index contributed by atoms with van der Waals surface area (Å²) < 4.78 is 3.56. The van der Waals surface area contributed by atoms with Gasteiger partial charge >= 0.3 is 0 Å². The second kappa shape index (κ2) is 3.56. The van der Waals surface area contributed by atoms with E-state index in [1.165, 1.54) is 0 Å². The molecule has 92 valence electrons. The van der Waals surface area contributed by atoms with Gasteiger partial charge in [-0.05, 0) is 26.0 Å². The van der Waals surface area contributed by atoms with Gasteiger partial charge in [0.05, 0.1) is 5.69 Å². The molecule has 0 spiro atoms. The van der Waals surface area contributed by atoms with Crippen molar-refractivity contribution in [3.63, 3.8) is 0 Å². The maximum Gasteiger partial charge on any atom is 0.240 e. The maximum absolute atomic E-state index is 5.65. The highest BCUT2D eigenvalue weighted by atomic mass is 15.3. The molecule has 0 atom stereocenters. The Labute approximate surface area is 104 Å². The van der Waals surface area contributed by atoms with Gasteiger partial charge in [-0.2, -0.15) is 10.1 Å². The van der Waals surface area contributed by atoms with Gasteiger partial charge in [0, 0.05) is 30.1 Å². The number of nitrogen functional groups attached to an aromatic ring is 1. The molecule has 0 aliphatic rings. The van der Waals surface area contributed by atoms with Crippen molar-refractivity contribution in [2.45, 2.75) is 13.8 Å². The van der Waals surface area contributed by atoms with E-state index in [0.717, 1.165) is 28.2 Å². The number of aromatic nitrogens is 5. The highest BCUT2D eigenvalue weighted by Gasteiger charge is 2.16. The van der Waals surface area contributed by atoms with E-state index in [9.17, 15) is 0 Å². The smallest absolute Gasteiger partial charge is 0.240 e. The molecule has 0 aromatic carbocycles. The molecule has 0 aliphatic carbocycles. The molecule has 6 heteroatoms. The number of hydrogen-bond donors (Lipinski definition) is 1. The standard InChI is InChI=1S/C12H14N6/c1-7-10(8(2)17(3)15-7)9-5-4-6-18-11(9)14-12(13)16-18/h4-6H,1-3H3,(H2,13,16). The maximum atomic E-state index is 5.65. The van der Waals surface area contributed by atoms with Gasteiger partial charge < -0.3 is 5.73 Å². The van der Waals surface area contributed by atoms with Crippen molar-refractivity contribution in [2.24, 2.45) is 7.05 Å². The average Bonchev–Trinajstić information content (AvgIpc) is 2.80. The Balaban J connectivity index is 2.38. The number of rotatable bonds is 1. The van der Waals surface area contributed by atoms with Crippen LogP contribution in [0.25, 0.3) is 16.8 Å². The first kappa shape index (κ1) is 10.8. The Bertz CT molecular complexity index is 736. The number of nitrogens with zero attached hydrogens (tertiary/aromatic N) is 5. The van der Waals surface area contributed by atoms with E-state index in [0.29, 0.717) is 0 Å². The van der Waals surface area contributed by atoms with Gasteiger partial charge in [-0.3, -0.25) is 4.68 Å². The largest absolute Gasteiger partial charge is 0.366 e. The topological polar surface area (TPSA) is 74.0 Å². The quantitative estimate of drug-likeness (QED) is 0.698. The van der Waals surface area contributed by atoms with Crippen LogP contribution in [0.4, 0.5) is 5.95 Å². The fourth-order valence-electron chi connectivity index (χ4n) is 2.28. The number of nitrogens with two attached hydrogens (primary N) is 1. The van der Waals surface area contributed by atoms with Gasteiger partial charge in [0.1, 0.15) is 0 Å². The van der Waals surface area contributed by atoms with Crippen molar-refractivity contribution in [3.8, 4) is 11.1 Å². The molecular formula is C12H14N6. The van der Waals surface area contributed by atoms with E-state index in [4.69, 9.17) is 5.73 Å². The van der Waals surface area contributed by atoms with Crippen LogP contribution in [-0.4, -0.2) is 24.4 Å². The minimum absolute atomic E-state index is 0.279. The molecule has 6 nitrogen and oxygen atoms in total. The summed E-state index contributed by atoms with van der Waals surface area (Å²) in [4.78, 5) is 4.27. The van der Waals surface area contributed by atoms with E-state index in [1.54, 1.807) is 4.52 Å². The lowest BCUT2D eigenvalue weighted by atomic mass is 10.1. The second-order valence-corrected chi connectivity index (χ2v) is 4.33. The van der Waals surface area contributed by atoms with Crippen molar-refractivity contribution < 1.29 is 0 Å². The molecule has 0 bridgehead atoms. The molecule has 0 amide bonds. The minimum atomic E-state index is 0.279. The lowest BCUT2D eigenvalue weighted by molar-refractivity contribution is 0.731. The van der Waals surface area contributed by atoms with Crippen molar-refractivity contribution in [2.75, 3.05) is 5.73 Å². The summed E-state index contributed by atoms with van der Waals surface area (Å²) >= 11 is 0. The molecule has 2 N–H and O–H groups in total. The van der Waals surface area contributed by atoms with Crippen molar-refractivity contribution in [3.05, 3.63) is 29.7 Å². The van der Waals surface area contributed by atoms with Crippen molar-refractivity contribution in [1.29, 1.82) is 0 Å². The Morgan fingerprint density at radius 1 is 1.22 bits per heavy atom. The van der Waals surface area contributed by atoms with Crippen molar-refractivity contribution >= 4 is 11.6 Å². The lowest BCUT2D eigenvalue weighted by Gasteiger charge is -2.03. The fourth-order valence-corrected chi connectivity index (χ4v) is 2.28. The Morgan fingerprint density at radius 3 is 2.67 bits per heavy atom. The summed E-state index contributed by atoms with van der Waals surface area (Å²) in [6.45, 7) is 4.03. The molecule has 3 aromatic heterocycles. The predicted octanol–water partition coefficient (Wildman–Crippen LogP) is 1.33. The second-order valence-electron chi connectivity index (χ2n) is 4.33. The predicted molar refractivity (Wildman–Crippen MR) is 69.1 cm³/mol. The van der Waals surface area contributed by atoms with Crippen LogP contribution in [0.5, 0.6) is 0 Å². The molecular weight excluding hydrogens is 228 g/mol. The molecule has 3 aromatic rings. The summed E-state index contributed by atoms with van der Waals surface area (Å²) in [5.41, 5.74) is 10.6. The van der Waals surface area contributed by atoms with Crippen LogP contribution >= 0.6 is 0 Å². The minimum Gasteiger partial charge on any atom is -0.366 e. The van der Waals surface area contributed by atoms with Crippen LogP contribution in [0, 0.1) is 13.8 Å². The van der Waals surface area contributed by atoms with Crippen LogP contribution in [-0.2, 0) is 7.05 Å². The zero-order valence-corrected chi connectivity index (χ0v) is 10.5. The zero-order valence-electron chi connectivity index (χ0n) is 10.5. The number of fused-ring (bicyclic) bond motifs is 1. The monoisotopic (exact) mass is 242 g/mol. The lowest BCUT2D eigenvalue weighted by Crippen LogP contribution is -1.94. The molecule has 0 aliphatic heterocycles. The number of aryl methyl sites for hydroxylation is 2. The first-order valence-corrected chi connectivity index (χ1v) is 5.69. The highest BCUT2D eigenvalue weighted by Crippen LogP contribution is 2.29. The van der Waals surface area contributed by atoms with Gasteiger partial charge in [-0.25, -0.2) is 4.52 Å². The first-order chi connectivity index (χ1) is 8.58. The SMILES string of the molecule is Cc1nn(C)c(C)c1-c1cccn2nc(N)nc12. The van der Waals surface area contributed by atoms with Crippen LogP contribution in [0.3, 0.4) is 0 Å².